The minimum absolute atomic E-state index is 0.142. The van der Waals surface area contributed by atoms with Gasteiger partial charge in [0, 0.05) is 12.2 Å². The van der Waals surface area contributed by atoms with Crippen LogP contribution >= 0.6 is 0 Å². The summed E-state index contributed by atoms with van der Waals surface area (Å²) in [5.41, 5.74) is -1.34. The zero-order chi connectivity index (χ0) is 24.9. The number of carbonyl (C=O) groups is 1. The Labute approximate surface area is 193 Å². The molecule has 0 fully saturated rings. The first-order valence-electron chi connectivity index (χ1n) is 9.99. The number of anilines is 2. The molecule has 1 N–H and O–H groups in total. The molecule has 11 heteroatoms. The number of carbonyl (C=O) groups excluding carboxylic acids is 1. The Kier molecular flexibility index (Phi) is 7.45. The number of hydrogen-bond acceptors (Lipinski definition) is 4. The average molecular weight is 496 g/mol. The first-order chi connectivity index (χ1) is 16.0. The van der Waals surface area contributed by atoms with Gasteiger partial charge in [-0.3, -0.25) is 9.10 Å². The van der Waals surface area contributed by atoms with E-state index in [9.17, 15) is 30.8 Å². The van der Waals surface area contributed by atoms with Gasteiger partial charge >= 0.3 is 6.18 Å². The van der Waals surface area contributed by atoms with Crippen molar-refractivity contribution in [2.24, 2.45) is 0 Å². The van der Waals surface area contributed by atoms with Gasteiger partial charge in [-0.05, 0) is 61.5 Å². The van der Waals surface area contributed by atoms with Crippen LogP contribution in [0.4, 0.5) is 28.9 Å². The van der Waals surface area contributed by atoms with Crippen molar-refractivity contribution in [1.82, 2.24) is 0 Å². The van der Waals surface area contributed by atoms with Crippen LogP contribution in [0.25, 0.3) is 0 Å². The molecule has 3 aromatic carbocycles. The maximum absolute atomic E-state index is 13.4. The van der Waals surface area contributed by atoms with Crippen LogP contribution in [-0.2, 0) is 21.0 Å². The zero-order valence-electron chi connectivity index (χ0n) is 17.8. The number of benzene rings is 3. The molecule has 0 aromatic heterocycles. The van der Waals surface area contributed by atoms with Gasteiger partial charge in [-0.25, -0.2) is 12.8 Å². The van der Waals surface area contributed by atoms with Gasteiger partial charge in [0.25, 0.3) is 15.9 Å². The van der Waals surface area contributed by atoms with Gasteiger partial charge in [0.2, 0.25) is 0 Å². The third-order valence-electron chi connectivity index (χ3n) is 4.67. The Morgan fingerprint density at radius 1 is 1.00 bits per heavy atom. The molecule has 0 atom stereocenters. The Bertz CT molecular complexity index is 1250. The molecule has 0 aliphatic rings. The van der Waals surface area contributed by atoms with Crippen LogP contribution in [0.15, 0.2) is 77.7 Å². The summed E-state index contributed by atoms with van der Waals surface area (Å²) in [6, 6.07) is 16.0. The lowest BCUT2D eigenvalue weighted by Gasteiger charge is -2.23. The Morgan fingerprint density at radius 3 is 2.24 bits per heavy atom. The van der Waals surface area contributed by atoms with Crippen LogP contribution in [-0.4, -0.2) is 27.5 Å². The van der Waals surface area contributed by atoms with Crippen molar-refractivity contribution < 1.29 is 35.5 Å². The standard InChI is InChI=1S/C23H20F4N2O4S/c1-2-29(34(31,32)19-6-4-3-5-7-19)17-9-11-18(12-10-17)33-15-22(30)28-16-8-13-21(24)20(14-16)23(25,26)27/h3-14H,2,15H2,1H3,(H,28,30). The average Bonchev–Trinajstić information content (AvgIpc) is 2.80. The van der Waals surface area contributed by atoms with E-state index in [0.29, 0.717) is 17.8 Å². The largest absolute Gasteiger partial charge is 0.484 e. The van der Waals surface area contributed by atoms with Crippen molar-refractivity contribution in [3.05, 3.63) is 84.2 Å². The highest BCUT2D eigenvalue weighted by molar-refractivity contribution is 7.92. The van der Waals surface area contributed by atoms with E-state index < -0.39 is 40.1 Å². The monoisotopic (exact) mass is 496 g/mol. The molecule has 0 aliphatic carbocycles. The van der Waals surface area contributed by atoms with Gasteiger partial charge in [-0.15, -0.1) is 0 Å². The molecule has 0 heterocycles. The van der Waals surface area contributed by atoms with Crippen molar-refractivity contribution in [2.45, 2.75) is 18.0 Å². The van der Waals surface area contributed by atoms with E-state index >= 15 is 0 Å². The summed E-state index contributed by atoms with van der Waals surface area (Å²) < 4.78 is 84.1. The zero-order valence-corrected chi connectivity index (χ0v) is 18.7. The number of sulfonamides is 1. The second kappa shape index (κ2) is 10.1. The topological polar surface area (TPSA) is 75.7 Å². The van der Waals surface area contributed by atoms with E-state index in [0.717, 1.165) is 6.07 Å². The molecule has 6 nitrogen and oxygen atoms in total. The van der Waals surface area contributed by atoms with E-state index in [-0.39, 0.29) is 22.9 Å². The van der Waals surface area contributed by atoms with Crippen LogP contribution in [0.3, 0.4) is 0 Å². The lowest BCUT2D eigenvalue weighted by atomic mass is 10.2. The SMILES string of the molecule is CCN(c1ccc(OCC(=O)Nc2ccc(F)c(C(F)(F)F)c2)cc1)S(=O)(=O)c1ccccc1. The number of nitrogens with zero attached hydrogens (tertiary/aromatic N) is 1. The van der Waals surface area contributed by atoms with Gasteiger partial charge in [0.05, 0.1) is 16.1 Å². The molecule has 0 saturated carbocycles. The highest BCUT2D eigenvalue weighted by atomic mass is 32.2. The molecule has 0 unspecified atom stereocenters. The van der Waals surface area contributed by atoms with Crippen molar-refractivity contribution in [2.75, 3.05) is 22.8 Å². The molecule has 180 valence electrons. The van der Waals surface area contributed by atoms with Crippen molar-refractivity contribution in [3.63, 3.8) is 0 Å². The van der Waals surface area contributed by atoms with E-state index in [4.69, 9.17) is 4.74 Å². The fourth-order valence-corrected chi connectivity index (χ4v) is 4.58. The van der Waals surface area contributed by atoms with E-state index in [1.165, 1.54) is 40.7 Å². The fourth-order valence-electron chi connectivity index (χ4n) is 3.09. The Balaban J connectivity index is 1.64. The van der Waals surface area contributed by atoms with Crippen molar-refractivity contribution in [1.29, 1.82) is 0 Å². The second-order valence-corrected chi connectivity index (χ2v) is 8.87. The predicted octanol–water partition coefficient (Wildman–Crippen LogP) is 5.08. The fraction of sp³-hybridized carbons (Fsp3) is 0.174. The van der Waals surface area contributed by atoms with Crippen LogP contribution in [0.2, 0.25) is 0 Å². The summed E-state index contributed by atoms with van der Waals surface area (Å²) in [6.45, 7) is 1.34. The molecule has 3 rings (SSSR count). The maximum Gasteiger partial charge on any atom is 0.419 e. The molecule has 0 spiro atoms. The molecular weight excluding hydrogens is 476 g/mol. The van der Waals surface area contributed by atoms with Crippen molar-refractivity contribution in [3.8, 4) is 5.75 Å². The summed E-state index contributed by atoms with van der Waals surface area (Å²) in [6.07, 6.45) is -4.90. The van der Waals surface area contributed by atoms with Crippen LogP contribution < -0.4 is 14.4 Å². The summed E-state index contributed by atoms with van der Waals surface area (Å²) in [4.78, 5) is 12.2. The van der Waals surface area contributed by atoms with E-state index in [1.54, 1.807) is 25.1 Å². The molecule has 34 heavy (non-hydrogen) atoms. The van der Waals surface area contributed by atoms with Gasteiger partial charge < -0.3 is 10.1 Å². The first kappa shape index (κ1) is 25.0. The molecule has 0 radical (unpaired) electrons. The second-order valence-electron chi connectivity index (χ2n) is 7.01. The minimum Gasteiger partial charge on any atom is -0.484 e. The molecule has 0 bridgehead atoms. The lowest BCUT2D eigenvalue weighted by molar-refractivity contribution is -0.140. The highest BCUT2D eigenvalue weighted by Crippen LogP contribution is 2.33. The summed E-state index contributed by atoms with van der Waals surface area (Å²) in [5.74, 6) is -1.97. The summed E-state index contributed by atoms with van der Waals surface area (Å²) in [7, 11) is -3.77. The normalized spacial score (nSPS) is 11.7. The number of halogens is 4. The molecule has 3 aromatic rings. The maximum atomic E-state index is 13.4. The molecule has 0 saturated heterocycles. The van der Waals surface area contributed by atoms with Crippen LogP contribution in [0.1, 0.15) is 12.5 Å². The lowest BCUT2D eigenvalue weighted by Crippen LogP contribution is -2.30. The van der Waals surface area contributed by atoms with Gasteiger partial charge in [0.1, 0.15) is 11.6 Å². The molecule has 1 amide bonds. The highest BCUT2D eigenvalue weighted by Gasteiger charge is 2.34. The third-order valence-corrected chi connectivity index (χ3v) is 6.59. The van der Waals surface area contributed by atoms with Gasteiger partial charge in [0.15, 0.2) is 6.61 Å². The number of nitrogens with one attached hydrogen (secondary N) is 1. The Hall–Kier alpha value is -3.60. The predicted molar refractivity (Wildman–Crippen MR) is 119 cm³/mol. The van der Waals surface area contributed by atoms with Gasteiger partial charge in [-0.1, -0.05) is 18.2 Å². The summed E-state index contributed by atoms with van der Waals surface area (Å²) in [5, 5.41) is 2.21. The van der Waals surface area contributed by atoms with E-state index in [2.05, 4.69) is 5.32 Å². The van der Waals surface area contributed by atoms with Crippen LogP contribution in [0, 0.1) is 5.82 Å². The minimum atomic E-state index is -4.90. The van der Waals surface area contributed by atoms with Crippen molar-refractivity contribution >= 4 is 27.3 Å². The number of hydrogen-bond donors (Lipinski definition) is 1. The van der Waals surface area contributed by atoms with E-state index in [1.807, 2.05) is 0 Å². The number of alkyl halides is 3. The van der Waals surface area contributed by atoms with Crippen LogP contribution in [0.5, 0.6) is 5.75 Å². The third kappa shape index (κ3) is 5.84. The molecular formula is C23H20F4N2O4S. The summed E-state index contributed by atoms with van der Waals surface area (Å²) >= 11 is 0. The van der Waals surface area contributed by atoms with Gasteiger partial charge in [-0.2, -0.15) is 13.2 Å². The number of rotatable bonds is 8. The number of amides is 1. The quantitative estimate of drug-likeness (QED) is 0.442. The smallest absolute Gasteiger partial charge is 0.419 e. The number of ether oxygens (including phenoxy) is 1. The Morgan fingerprint density at radius 2 is 1.65 bits per heavy atom. The first-order valence-corrected chi connectivity index (χ1v) is 11.4. The molecule has 0 aliphatic heterocycles.